The molecule has 9 nitrogen and oxygen atoms in total. The van der Waals surface area contributed by atoms with E-state index in [-0.39, 0.29) is 41.7 Å². The number of phenolic OH excluding ortho intramolecular Hbond substituents is 1. The van der Waals surface area contributed by atoms with E-state index in [4.69, 9.17) is 17.3 Å². The van der Waals surface area contributed by atoms with Gasteiger partial charge in [0.1, 0.15) is 15.7 Å². The normalized spacial score (nSPS) is 17.2. The summed E-state index contributed by atoms with van der Waals surface area (Å²) >= 11 is 6.83. The Morgan fingerprint density at radius 3 is 2.37 bits per heavy atom. The van der Waals surface area contributed by atoms with E-state index in [1.54, 1.807) is 18.2 Å². The van der Waals surface area contributed by atoms with E-state index in [1.165, 1.54) is 54.6 Å². The second kappa shape index (κ2) is 9.60. The quantitative estimate of drug-likeness (QED) is 0.138. The summed E-state index contributed by atoms with van der Waals surface area (Å²) in [6.45, 7) is 0. The zero-order valence-corrected chi connectivity index (χ0v) is 21.7. The number of nitrogens with zero attached hydrogens (tertiary/aromatic N) is 2. The standard InChI is InChI=1S/C26H18ClN3O6S2/c27-18-12-15(8-11-19(18)31)22-21(23(32)14-6-9-16(28)10-7-14)24(33)25(34)30(22)26-29-13-20(37-26)38(35,36)17-4-2-1-3-5-17/h1-13,22,31-32H,28H2/b23-21-. The summed E-state index contributed by atoms with van der Waals surface area (Å²) in [6.07, 6.45) is 1.11. The first-order valence-electron chi connectivity index (χ1n) is 11.0. The van der Waals surface area contributed by atoms with E-state index in [0.717, 1.165) is 11.1 Å². The van der Waals surface area contributed by atoms with Gasteiger partial charge in [0.15, 0.2) is 5.13 Å². The summed E-state index contributed by atoms with van der Waals surface area (Å²) in [7, 11) is -3.94. The van der Waals surface area contributed by atoms with Gasteiger partial charge in [-0.15, -0.1) is 0 Å². The molecule has 3 aromatic carbocycles. The van der Waals surface area contributed by atoms with E-state index >= 15 is 0 Å². The highest BCUT2D eigenvalue weighted by Gasteiger charge is 2.48. The van der Waals surface area contributed by atoms with Gasteiger partial charge in [-0.1, -0.05) is 47.2 Å². The first kappa shape index (κ1) is 25.5. The Hall–Kier alpha value is -4.19. The van der Waals surface area contributed by atoms with Crippen molar-refractivity contribution in [2.75, 3.05) is 10.6 Å². The lowest BCUT2D eigenvalue weighted by atomic mass is 9.95. The smallest absolute Gasteiger partial charge is 0.301 e. The van der Waals surface area contributed by atoms with Crippen molar-refractivity contribution >= 4 is 61.0 Å². The average molecular weight is 568 g/mol. The number of anilines is 2. The van der Waals surface area contributed by atoms with Crippen LogP contribution >= 0.6 is 22.9 Å². The van der Waals surface area contributed by atoms with Gasteiger partial charge in [-0.25, -0.2) is 13.4 Å². The van der Waals surface area contributed by atoms with Gasteiger partial charge in [0, 0.05) is 11.3 Å². The topological polar surface area (TPSA) is 151 Å². The Labute approximate surface area is 226 Å². The average Bonchev–Trinajstić information content (AvgIpc) is 3.50. The molecule has 1 atom stereocenters. The van der Waals surface area contributed by atoms with Crippen LogP contribution in [0.4, 0.5) is 10.8 Å². The third-order valence-electron chi connectivity index (χ3n) is 5.91. The fourth-order valence-corrected chi connectivity index (χ4v) is 6.79. The summed E-state index contributed by atoms with van der Waals surface area (Å²) < 4.78 is 26.1. The molecule has 192 valence electrons. The second-order valence-corrected chi connectivity index (χ2v) is 11.9. The van der Waals surface area contributed by atoms with Crippen molar-refractivity contribution in [3.8, 4) is 5.75 Å². The molecule has 1 amide bonds. The van der Waals surface area contributed by atoms with Crippen molar-refractivity contribution in [1.29, 1.82) is 0 Å². The molecule has 2 heterocycles. The number of phenols is 1. The number of halogens is 1. The Bertz CT molecular complexity index is 1720. The maximum atomic E-state index is 13.3. The number of hydrogen-bond donors (Lipinski definition) is 3. The number of rotatable bonds is 5. The summed E-state index contributed by atoms with van der Waals surface area (Å²) in [5.74, 6) is -2.71. The van der Waals surface area contributed by atoms with E-state index < -0.39 is 33.3 Å². The number of aliphatic hydroxyl groups is 1. The lowest BCUT2D eigenvalue weighted by Crippen LogP contribution is -2.29. The largest absolute Gasteiger partial charge is 0.507 e. The van der Waals surface area contributed by atoms with Crippen LogP contribution < -0.4 is 10.6 Å². The number of thiazole rings is 1. The van der Waals surface area contributed by atoms with Crippen molar-refractivity contribution in [3.05, 3.63) is 101 Å². The minimum atomic E-state index is -3.94. The van der Waals surface area contributed by atoms with Gasteiger partial charge in [-0.05, 0) is 54.1 Å². The van der Waals surface area contributed by atoms with Crippen molar-refractivity contribution in [1.82, 2.24) is 4.98 Å². The van der Waals surface area contributed by atoms with Gasteiger partial charge in [-0.3, -0.25) is 14.5 Å². The Morgan fingerprint density at radius 2 is 1.71 bits per heavy atom. The molecule has 0 bridgehead atoms. The molecule has 5 rings (SSSR count). The molecule has 1 aliphatic rings. The number of aromatic nitrogens is 1. The van der Waals surface area contributed by atoms with Gasteiger partial charge in [0.2, 0.25) is 9.84 Å². The monoisotopic (exact) mass is 567 g/mol. The van der Waals surface area contributed by atoms with Gasteiger partial charge in [-0.2, -0.15) is 0 Å². The SMILES string of the molecule is Nc1ccc(/C(O)=C2/C(=O)C(=O)N(c3ncc(S(=O)(=O)c4ccccc4)s3)C2c2ccc(O)c(Cl)c2)cc1. The van der Waals surface area contributed by atoms with Crippen LogP contribution in [0.3, 0.4) is 0 Å². The number of aromatic hydroxyl groups is 1. The molecule has 12 heteroatoms. The van der Waals surface area contributed by atoms with Crippen molar-refractivity contribution < 1.29 is 28.2 Å². The number of Topliss-reactive ketones (excluding diaryl/α,β-unsaturated/α-hetero) is 1. The molecule has 0 saturated carbocycles. The van der Waals surface area contributed by atoms with Crippen LogP contribution in [0.5, 0.6) is 5.75 Å². The number of aliphatic hydroxyl groups excluding tert-OH is 1. The number of benzene rings is 3. The van der Waals surface area contributed by atoms with E-state index in [1.807, 2.05) is 0 Å². The highest BCUT2D eigenvalue weighted by Crippen LogP contribution is 2.45. The molecule has 4 aromatic rings. The predicted octanol–water partition coefficient (Wildman–Crippen LogP) is 4.54. The molecule has 1 saturated heterocycles. The zero-order valence-electron chi connectivity index (χ0n) is 19.3. The van der Waals surface area contributed by atoms with Crippen LogP contribution in [-0.2, 0) is 19.4 Å². The minimum absolute atomic E-state index is 0.0440. The van der Waals surface area contributed by atoms with Crippen molar-refractivity contribution in [3.63, 3.8) is 0 Å². The van der Waals surface area contributed by atoms with E-state index in [0.29, 0.717) is 17.0 Å². The summed E-state index contributed by atoms with van der Waals surface area (Å²) in [4.78, 5) is 31.8. The maximum Gasteiger partial charge on any atom is 0.301 e. The number of carbonyl (C=O) groups is 2. The summed E-state index contributed by atoms with van der Waals surface area (Å²) in [5.41, 5.74) is 6.42. The molecule has 1 aromatic heterocycles. The van der Waals surface area contributed by atoms with Crippen LogP contribution in [0.15, 0.2) is 93.7 Å². The fourth-order valence-electron chi connectivity index (χ4n) is 4.04. The van der Waals surface area contributed by atoms with Crippen LogP contribution in [0.1, 0.15) is 17.2 Å². The van der Waals surface area contributed by atoms with Gasteiger partial charge < -0.3 is 15.9 Å². The second-order valence-electron chi connectivity index (χ2n) is 8.28. The van der Waals surface area contributed by atoms with Gasteiger partial charge >= 0.3 is 5.91 Å². The minimum Gasteiger partial charge on any atom is -0.507 e. The van der Waals surface area contributed by atoms with E-state index in [2.05, 4.69) is 4.98 Å². The number of nitrogens with two attached hydrogens (primary N) is 1. The van der Waals surface area contributed by atoms with Gasteiger partial charge in [0.25, 0.3) is 5.78 Å². The Morgan fingerprint density at radius 1 is 1.03 bits per heavy atom. The van der Waals surface area contributed by atoms with Crippen LogP contribution in [-0.4, -0.2) is 35.3 Å². The lowest BCUT2D eigenvalue weighted by Gasteiger charge is -2.23. The number of carbonyl (C=O) groups excluding carboxylic acids is 2. The molecular weight excluding hydrogens is 550 g/mol. The molecule has 0 spiro atoms. The number of nitrogen functional groups attached to an aromatic ring is 1. The van der Waals surface area contributed by atoms with Crippen molar-refractivity contribution in [2.45, 2.75) is 15.1 Å². The van der Waals surface area contributed by atoms with Crippen molar-refractivity contribution in [2.24, 2.45) is 0 Å². The number of amides is 1. The molecule has 1 aliphatic heterocycles. The predicted molar refractivity (Wildman–Crippen MR) is 143 cm³/mol. The molecule has 38 heavy (non-hydrogen) atoms. The molecule has 1 fully saturated rings. The highest BCUT2D eigenvalue weighted by atomic mass is 35.5. The molecule has 0 radical (unpaired) electrons. The lowest BCUT2D eigenvalue weighted by molar-refractivity contribution is -0.132. The zero-order chi connectivity index (χ0) is 27.2. The molecule has 1 unspecified atom stereocenters. The van der Waals surface area contributed by atoms with Crippen LogP contribution in [0.2, 0.25) is 5.02 Å². The first-order valence-corrected chi connectivity index (χ1v) is 13.7. The summed E-state index contributed by atoms with van der Waals surface area (Å²) in [6, 6.07) is 16.6. The third-order valence-corrected chi connectivity index (χ3v) is 9.44. The summed E-state index contributed by atoms with van der Waals surface area (Å²) in [5, 5.41) is 20.9. The number of hydrogen-bond acceptors (Lipinski definition) is 9. The Balaban J connectivity index is 1.68. The van der Waals surface area contributed by atoms with Crippen LogP contribution in [0.25, 0.3) is 5.76 Å². The van der Waals surface area contributed by atoms with Crippen LogP contribution in [0, 0.1) is 0 Å². The van der Waals surface area contributed by atoms with Gasteiger partial charge in [0.05, 0.1) is 27.7 Å². The molecular formula is C26H18ClN3O6S2. The highest BCUT2D eigenvalue weighted by molar-refractivity contribution is 7.93. The Kier molecular flexibility index (Phi) is 6.43. The molecule has 0 aliphatic carbocycles. The number of ketones is 1. The fraction of sp³-hybridized carbons (Fsp3) is 0.0385. The molecule has 4 N–H and O–H groups in total. The maximum absolute atomic E-state index is 13.3. The third kappa shape index (κ3) is 4.30. The van der Waals surface area contributed by atoms with E-state index in [9.17, 15) is 28.2 Å². The first-order chi connectivity index (χ1) is 18.1. The number of sulfone groups is 1.